The van der Waals surface area contributed by atoms with Crippen molar-refractivity contribution in [1.29, 1.82) is 0 Å². The lowest BCUT2D eigenvalue weighted by atomic mass is 10.1. The lowest BCUT2D eigenvalue weighted by Gasteiger charge is -2.03. The fourth-order valence-corrected chi connectivity index (χ4v) is 1.79. The van der Waals surface area contributed by atoms with E-state index in [1.54, 1.807) is 10.9 Å². The van der Waals surface area contributed by atoms with Gasteiger partial charge in [0.25, 0.3) is 5.56 Å². The molecule has 0 spiro atoms. The van der Waals surface area contributed by atoms with E-state index in [4.69, 9.17) is 0 Å². The molecule has 1 N–H and O–H groups in total. The summed E-state index contributed by atoms with van der Waals surface area (Å²) in [6.45, 7) is 5.99. The van der Waals surface area contributed by atoms with Crippen molar-refractivity contribution in [2.45, 2.75) is 26.8 Å². The van der Waals surface area contributed by atoms with Crippen LogP contribution in [-0.4, -0.2) is 9.78 Å². The molecular weight excluding hydrogens is 200 g/mol. The van der Waals surface area contributed by atoms with Crippen LogP contribution in [0.4, 0.5) is 0 Å². The maximum atomic E-state index is 12.1. The Morgan fingerprint density at radius 3 is 2.62 bits per heavy atom. The third-order valence-corrected chi connectivity index (χ3v) is 2.64. The number of benzene rings is 1. The Balaban J connectivity index is 2.54. The highest BCUT2D eigenvalue weighted by Gasteiger charge is 2.09. The Morgan fingerprint density at radius 2 is 2.06 bits per heavy atom. The first-order valence-corrected chi connectivity index (χ1v) is 5.46. The summed E-state index contributed by atoms with van der Waals surface area (Å²) in [6.07, 6.45) is 1.77. The Morgan fingerprint density at radius 1 is 1.31 bits per heavy atom. The van der Waals surface area contributed by atoms with E-state index in [1.807, 2.05) is 45.0 Å². The fourth-order valence-electron chi connectivity index (χ4n) is 1.79. The molecule has 0 aliphatic carbocycles. The van der Waals surface area contributed by atoms with E-state index >= 15 is 0 Å². The molecule has 3 nitrogen and oxygen atoms in total. The molecule has 0 saturated carbocycles. The van der Waals surface area contributed by atoms with Gasteiger partial charge < -0.3 is 5.10 Å². The van der Waals surface area contributed by atoms with Gasteiger partial charge in [-0.05, 0) is 26.3 Å². The van der Waals surface area contributed by atoms with Crippen LogP contribution in [0.25, 0.3) is 11.1 Å². The Kier molecular flexibility index (Phi) is 2.69. The second-order valence-electron chi connectivity index (χ2n) is 4.33. The smallest absolute Gasteiger partial charge is 0.274 e. The normalized spacial score (nSPS) is 11.0. The van der Waals surface area contributed by atoms with Crippen LogP contribution in [0.15, 0.2) is 35.3 Å². The highest BCUT2D eigenvalue weighted by Crippen LogP contribution is 2.16. The number of aromatic amines is 1. The predicted molar refractivity (Wildman–Crippen MR) is 65.6 cm³/mol. The standard InChI is InChI=1S/C13H16N2O/c1-9(2)15-13(16)12(8-14-15)11-6-4-5-10(3)7-11/h4-9,14H,1-3H3. The first-order chi connectivity index (χ1) is 7.59. The molecule has 0 atom stereocenters. The van der Waals surface area contributed by atoms with Gasteiger partial charge in [-0.3, -0.25) is 9.48 Å². The van der Waals surface area contributed by atoms with Crippen molar-refractivity contribution in [3.63, 3.8) is 0 Å². The molecule has 0 fully saturated rings. The minimum absolute atomic E-state index is 0.0422. The van der Waals surface area contributed by atoms with Crippen molar-refractivity contribution in [3.8, 4) is 11.1 Å². The lowest BCUT2D eigenvalue weighted by Crippen LogP contribution is -2.19. The molecule has 1 aromatic carbocycles. The molecule has 0 unspecified atom stereocenters. The molecule has 2 rings (SSSR count). The number of hydrogen-bond donors (Lipinski definition) is 1. The third kappa shape index (κ3) is 1.81. The molecule has 0 saturated heterocycles. The molecule has 0 bridgehead atoms. The number of rotatable bonds is 2. The summed E-state index contributed by atoms with van der Waals surface area (Å²) in [7, 11) is 0. The zero-order chi connectivity index (χ0) is 11.7. The van der Waals surface area contributed by atoms with Crippen LogP contribution in [0.2, 0.25) is 0 Å². The highest BCUT2D eigenvalue weighted by atomic mass is 16.1. The molecule has 16 heavy (non-hydrogen) atoms. The van der Waals surface area contributed by atoms with E-state index in [0.717, 1.165) is 16.7 Å². The molecule has 0 amide bonds. The molecule has 0 aliphatic rings. The van der Waals surface area contributed by atoms with Gasteiger partial charge in [0, 0.05) is 12.2 Å². The van der Waals surface area contributed by atoms with Gasteiger partial charge in [0.2, 0.25) is 0 Å². The molecular formula is C13H16N2O. The van der Waals surface area contributed by atoms with Crippen LogP contribution in [-0.2, 0) is 0 Å². The van der Waals surface area contributed by atoms with Crippen molar-refractivity contribution < 1.29 is 0 Å². The maximum absolute atomic E-state index is 12.1. The molecule has 84 valence electrons. The largest absolute Gasteiger partial charge is 0.302 e. The zero-order valence-electron chi connectivity index (χ0n) is 9.82. The number of nitrogens with zero attached hydrogens (tertiary/aromatic N) is 1. The number of hydrogen-bond acceptors (Lipinski definition) is 1. The van der Waals surface area contributed by atoms with Crippen LogP contribution >= 0.6 is 0 Å². The third-order valence-electron chi connectivity index (χ3n) is 2.64. The van der Waals surface area contributed by atoms with E-state index < -0.39 is 0 Å². The van der Waals surface area contributed by atoms with Gasteiger partial charge >= 0.3 is 0 Å². The molecule has 1 heterocycles. The van der Waals surface area contributed by atoms with Gasteiger partial charge in [-0.25, -0.2) is 0 Å². The summed E-state index contributed by atoms with van der Waals surface area (Å²) in [5, 5.41) is 3.00. The van der Waals surface area contributed by atoms with E-state index in [0.29, 0.717) is 0 Å². The van der Waals surface area contributed by atoms with Crippen molar-refractivity contribution >= 4 is 0 Å². The SMILES string of the molecule is Cc1cccc(-c2c[nH]n(C(C)C)c2=O)c1. The number of H-pyrrole nitrogens is 1. The van der Waals surface area contributed by atoms with E-state index in [1.165, 1.54) is 0 Å². The summed E-state index contributed by atoms with van der Waals surface area (Å²) in [6, 6.07) is 8.14. The van der Waals surface area contributed by atoms with E-state index in [2.05, 4.69) is 5.10 Å². The fraction of sp³-hybridized carbons (Fsp3) is 0.308. The van der Waals surface area contributed by atoms with Crippen molar-refractivity contribution in [2.24, 2.45) is 0 Å². The minimum atomic E-state index is 0.0422. The van der Waals surface area contributed by atoms with Gasteiger partial charge in [0.15, 0.2) is 0 Å². The van der Waals surface area contributed by atoms with E-state index in [-0.39, 0.29) is 11.6 Å². The predicted octanol–water partition coefficient (Wildman–Crippen LogP) is 2.73. The van der Waals surface area contributed by atoms with Crippen LogP contribution < -0.4 is 5.56 Å². The monoisotopic (exact) mass is 216 g/mol. The quantitative estimate of drug-likeness (QED) is 0.823. The summed E-state index contributed by atoms with van der Waals surface area (Å²) in [4.78, 5) is 12.1. The molecule has 3 heteroatoms. The Labute approximate surface area is 94.7 Å². The molecule has 0 aliphatic heterocycles. The van der Waals surface area contributed by atoms with Gasteiger partial charge in [-0.1, -0.05) is 29.8 Å². The van der Waals surface area contributed by atoms with Crippen LogP contribution in [0, 0.1) is 6.92 Å². The molecule has 1 aromatic heterocycles. The van der Waals surface area contributed by atoms with Gasteiger partial charge in [0.05, 0.1) is 5.56 Å². The summed E-state index contributed by atoms with van der Waals surface area (Å²) < 4.78 is 1.64. The van der Waals surface area contributed by atoms with Gasteiger partial charge in [-0.15, -0.1) is 0 Å². The minimum Gasteiger partial charge on any atom is -0.302 e. The van der Waals surface area contributed by atoms with Gasteiger partial charge in [0.1, 0.15) is 0 Å². The van der Waals surface area contributed by atoms with Crippen molar-refractivity contribution in [3.05, 3.63) is 46.4 Å². The lowest BCUT2D eigenvalue weighted by molar-refractivity contribution is 0.517. The van der Waals surface area contributed by atoms with E-state index in [9.17, 15) is 4.79 Å². The second-order valence-corrected chi connectivity index (χ2v) is 4.33. The summed E-state index contributed by atoms with van der Waals surface area (Å²) in [5.41, 5.74) is 2.91. The number of aryl methyl sites for hydroxylation is 1. The maximum Gasteiger partial charge on any atom is 0.274 e. The van der Waals surface area contributed by atoms with Crippen LogP contribution in [0.5, 0.6) is 0 Å². The Bertz CT molecular complexity index is 549. The van der Waals surface area contributed by atoms with Gasteiger partial charge in [-0.2, -0.15) is 0 Å². The first-order valence-electron chi connectivity index (χ1n) is 5.46. The first kappa shape index (κ1) is 10.7. The summed E-state index contributed by atoms with van der Waals surface area (Å²) >= 11 is 0. The molecule has 0 radical (unpaired) electrons. The van der Waals surface area contributed by atoms with Crippen LogP contribution in [0.1, 0.15) is 25.5 Å². The van der Waals surface area contributed by atoms with Crippen LogP contribution in [0.3, 0.4) is 0 Å². The number of aromatic nitrogens is 2. The van der Waals surface area contributed by atoms with Crippen molar-refractivity contribution in [2.75, 3.05) is 0 Å². The average molecular weight is 216 g/mol. The Hall–Kier alpha value is -1.77. The summed E-state index contributed by atoms with van der Waals surface area (Å²) in [5.74, 6) is 0. The average Bonchev–Trinajstić information content (AvgIpc) is 2.60. The molecule has 2 aromatic rings. The topological polar surface area (TPSA) is 37.8 Å². The zero-order valence-corrected chi connectivity index (χ0v) is 9.82. The highest BCUT2D eigenvalue weighted by molar-refractivity contribution is 5.62. The second kappa shape index (κ2) is 4.00. The number of nitrogens with one attached hydrogen (secondary N) is 1. The van der Waals surface area contributed by atoms with Crippen molar-refractivity contribution in [1.82, 2.24) is 9.78 Å².